The second-order valence-corrected chi connectivity index (χ2v) is 4.96. The summed E-state index contributed by atoms with van der Waals surface area (Å²) >= 11 is 5.21. The molecule has 0 aromatic heterocycles. The monoisotopic (exact) mass is 302 g/mol. The van der Waals surface area contributed by atoms with Gasteiger partial charge < -0.3 is 9.80 Å². The number of nitrogens with zero attached hydrogens (tertiary/aromatic N) is 3. The van der Waals surface area contributed by atoms with Crippen molar-refractivity contribution in [3.05, 3.63) is 35.4 Å². The first-order chi connectivity index (χ1) is 10.1. The Balaban J connectivity index is 1.91. The molecule has 7 heteroatoms. The molecule has 0 spiro atoms. The Kier molecular flexibility index (Phi) is 4.85. The van der Waals surface area contributed by atoms with E-state index in [0.29, 0.717) is 42.4 Å². The maximum absolute atomic E-state index is 12.0. The summed E-state index contributed by atoms with van der Waals surface area (Å²) in [5, 5.41) is 11.7. The average molecular weight is 302 g/mol. The fraction of sp³-hybridized carbons (Fsp3) is 0.286. The molecule has 1 saturated heterocycles. The molecule has 0 unspecified atom stereocenters. The van der Waals surface area contributed by atoms with Gasteiger partial charge in [-0.1, -0.05) is 0 Å². The molecule has 0 radical (unpaired) electrons. The van der Waals surface area contributed by atoms with Crippen LogP contribution in [0.5, 0.6) is 0 Å². The third-order valence-electron chi connectivity index (χ3n) is 3.25. The van der Waals surface area contributed by atoms with Gasteiger partial charge in [-0.05, 0) is 36.5 Å². The Morgan fingerprint density at radius 1 is 1.24 bits per heavy atom. The molecular weight excluding hydrogens is 288 g/mol. The fourth-order valence-electron chi connectivity index (χ4n) is 1.97. The highest BCUT2D eigenvalue weighted by Crippen LogP contribution is 2.05. The number of hydrogen-bond acceptors (Lipinski definition) is 4. The van der Waals surface area contributed by atoms with E-state index in [1.54, 1.807) is 29.2 Å². The molecule has 1 aromatic rings. The summed E-state index contributed by atoms with van der Waals surface area (Å²) in [6.07, 6.45) is 0.815. The molecule has 1 fully saturated rings. The highest BCUT2D eigenvalue weighted by molar-refractivity contribution is 7.80. The summed E-state index contributed by atoms with van der Waals surface area (Å²) in [6.45, 7) is 2.39. The van der Waals surface area contributed by atoms with Crippen molar-refractivity contribution in [3.8, 4) is 6.07 Å². The molecule has 1 aliphatic heterocycles. The number of hydrogen-bond donors (Lipinski definition) is 1. The van der Waals surface area contributed by atoms with E-state index in [9.17, 15) is 9.59 Å². The minimum Gasteiger partial charge on any atom is -0.345 e. The van der Waals surface area contributed by atoms with Gasteiger partial charge in [0.25, 0.3) is 5.91 Å². The van der Waals surface area contributed by atoms with E-state index in [1.165, 1.54) is 0 Å². The highest BCUT2D eigenvalue weighted by Gasteiger charge is 2.19. The van der Waals surface area contributed by atoms with Gasteiger partial charge in [-0.2, -0.15) is 5.26 Å². The van der Waals surface area contributed by atoms with Gasteiger partial charge in [0.1, 0.15) is 0 Å². The molecule has 1 N–H and O–H groups in total. The first-order valence-corrected chi connectivity index (χ1v) is 6.84. The molecular formula is C14H14N4O2S. The summed E-state index contributed by atoms with van der Waals surface area (Å²) in [7, 11) is 0. The van der Waals surface area contributed by atoms with Crippen LogP contribution in [0.15, 0.2) is 24.3 Å². The molecule has 1 heterocycles. The molecule has 0 saturated carbocycles. The van der Waals surface area contributed by atoms with Crippen molar-refractivity contribution >= 4 is 29.6 Å². The maximum atomic E-state index is 12.0. The minimum atomic E-state index is -0.303. The number of carbonyl (C=O) groups excluding carboxylic acids is 2. The molecule has 0 atom stereocenters. The van der Waals surface area contributed by atoms with Crippen LogP contribution in [-0.2, 0) is 4.79 Å². The predicted octanol–water partition coefficient (Wildman–Crippen LogP) is 0.347. The van der Waals surface area contributed by atoms with Gasteiger partial charge in [0.2, 0.25) is 6.41 Å². The summed E-state index contributed by atoms with van der Waals surface area (Å²) in [4.78, 5) is 26.2. The SMILES string of the molecule is N#Cc1ccc(C(=O)NC(=S)N2CCN(C=O)CC2)cc1. The third-order valence-corrected chi connectivity index (χ3v) is 3.61. The van der Waals surface area contributed by atoms with Crippen molar-refractivity contribution in [1.29, 1.82) is 5.26 Å². The van der Waals surface area contributed by atoms with Crippen molar-refractivity contribution in [2.24, 2.45) is 0 Å². The molecule has 21 heavy (non-hydrogen) atoms. The van der Waals surface area contributed by atoms with Crippen LogP contribution in [-0.4, -0.2) is 53.4 Å². The smallest absolute Gasteiger partial charge is 0.257 e. The predicted molar refractivity (Wildman–Crippen MR) is 80.4 cm³/mol. The van der Waals surface area contributed by atoms with E-state index in [2.05, 4.69) is 5.32 Å². The second-order valence-electron chi connectivity index (χ2n) is 4.58. The van der Waals surface area contributed by atoms with Crippen LogP contribution in [0, 0.1) is 11.3 Å². The van der Waals surface area contributed by atoms with Crippen LogP contribution in [0.4, 0.5) is 0 Å². The average Bonchev–Trinajstić information content (AvgIpc) is 2.55. The topological polar surface area (TPSA) is 76.4 Å². The zero-order valence-corrected chi connectivity index (χ0v) is 12.1. The third kappa shape index (κ3) is 3.77. The Morgan fingerprint density at radius 3 is 2.38 bits per heavy atom. The van der Waals surface area contributed by atoms with Gasteiger partial charge in [0.05, 0.1) is 11.6 Å². The van der Waals surface area contributed by atoms with Crippen LogP contribution in [0.2, 0.25) is 0 Å². The number of benzene rings is 1. The summed E-state index contributed by atoms with van der Waals surface area (Å²) < 4.78 is 0. The van der Waals surface area contributed by atoms with Crippen LogP contribution in [0.1, 0.15) is 15.9 Å². The number of amides is 2. The van der Waals surface area contributed by atoms with Crippen molar-refractivity contribution in [2.45, 2.75) is 0 Å². The van der Waals surface area contributed by atoms with E-state index in [0.717, 1.165) is 6.41 Å². The lowest BCUT2D eigenvalue weighted by Crippen LogP contribution is -2.52. The summed E-state index contributed by atoms with van der Waals surface area (Å²) in [5.74, 6) is -0.303. The van der Waals surface area contributed by atoms with Gasteiger partial charge in [-0.25, -0.2) is 0 Å². The summed E-state index contributed by atoms with van der Waals surface area (Å²) in [5.41, 5.74) is 0.946. The second kappa shape index (κ2) is 6.81. The first kappa shape index (κ1) is 14.9. The Morgan fingerprint density at radius 2 is 1.86 bits per heavy atom. The van der Waals surface area contributed by atoms with Crippen molar-refractivity contribution in [1.82, 2.24) is 15.1 Å². The number of rotatable bonds is 2. The van der Waals surface area contributed by atoms with Crippen molar-refractivity contribution < 1.29 is 9.59 Å². The van der Waals surface area contributed by atoms with Crippen LogP contribution >= 0.6 is 12.2 Å². The van der Waals surface area contributed by atoms with Crippen molar-refractivity contribution in [3.63, 3.8) is 0 Å². The molecule has 2 amide bonds. The van der Waals surface area contributed by atoms with E-state index in [1.807, 2.05) is 11.0 Å². The first-order valence-electron chi connectivity index (χ1n) is 6.44. The number of piperazine rings is 1. The number of carbonyl (C=O) groups is 2. The van der Waals surface area contributed by atoms with Crippen LogP contribution in [0.3, 0.4) is 0 Å². The van der Waals surface area contributed by atoms with Gasteiger partial charge in [-0.15, -0.1) is 0 Å². The molecule has 0 bridgehead atoms. The molecule has 1 aromatic carbocycles. The normalized spacial score (nSPS) is 14.2. The van der Waals surface area contributed by atoms with Gasteiger partial charge >= 0.3 is 0 Å². The fourth-order valence-corrected chi connectivity index (χ4v) is 2.25. The molecule has 0 aliphatic carbocycles. The number of nitriles is 1. The minimum absolute atomic E-state index is 0.303. The molecule has 2 rings (SSSR count). The largest absolute Gasteiger partial charge is 0.345 e. The quantitative estimate of drug-likeness (QED) is 0.630. The van der Waals surface area contributed by atoms with Gasteiger partial charge in [-0.3, -0.25) is 14.9 Å². The van der Waals surface area contributed by atoms with E-state index in [-0.39, 0.29) is 5.91 Å². The Hall–Kier alpha value is -2.46. The number of nitrogens with one attached hydrogen (secondary N) is 1. The lowest BCUT2D eigenvalue weighted by Gasteiger charge is -2.34. The summed E-state index contributed by atoms with van der Waals surface area (Å²) in [6, 6.07) is 8.33. The highest BCUT2D eigenvalue weighted by atomic mass is 32.1. The van der Waals surface area contributed by atoms with E-state index in [4.69, 9.17) is 17.5 Å². The molecule has 1 aliphatic rings. The number of thiocarbonyl (C=S) groups is 1. The Labute approximate surface area is 127 Å². The maximum Gasteiger partial charge on any atom is 0.257 e. The van der Waals surface area contributed by atoms with Crippen LogP contribution in [0.25, 0.3) is 0 Å². The lowest BCUT2D eigenvalue weighted by atomic mass is 10.1. The van der Waals surface area contributed by atoms with Crippen LogP contribution < -0.4 is 5.32 Å². The molecule has 6 nitrogen and oxygen atoms in total. The lowest BCUT2D eigenvalue weighted by molar-refractivity contribution is -0.119. The van der Waals surface area contributed by atoms with Gasteiger partial charge in [0.15, 0.2) is 5.11 Å². The zero-order valence-electron chi connectivity index (χ0n) is 11.3. The van der Waals surface area contributed by atoms with Gasteiger partial charge in [0, 0.05) is 31.7 Å². The zero-order chi connectivity index (χ0) is 15.2. The van der Waals surface area contributed by atoms with Crippen molar-refractivity contribution in [2.75, 3.05) is 26.2 Å². The van der Waals surface area contributed by atoms with E-state index < -0.39 is 0 Å². The van der Waals surface area contributed by atoms with E-state index >= 15 is 0 Å². The Bertz CT molecular complexity index is 586. The standard InChI is InChI=1S/C14H14N4O2S/c15-9-11-1-3-12(4-2-11)13(20)16-14(21)18-7-5-17(10-19)6-8-18/h1-4,10H,5-8H2,(H,16,20,21). The molecule has 108 valence electrons.